The minimum atomic E-state index is -0.972. The highest BCUT2D eigenvalue weighted by Gasteiger charge is 2.25. The molecule has 1 saturated heterocycles. The van der Waals surface area contributed by atoms with Crippen molar-refractivity contribution in [3.8, 4) is 5.88 Å². The lowest BCUT2D eigenvalue weighted by atomic mass is 9.83. The van der Waals surface area contributed by atoms with Gasteiger partial charge in [0.05, 0.1) is 35.8 Å². The van der Waals surface area contributed by atoms with Crippen LogP contribution >= 0.6 is 0 Å². The Balaban J connectivity index is 1.48. The Labute approximate surface area is 197 Å². The Morgan fingerprint density at radius 2 is 1.74 bits per heavy atom. The highest BCUT2D eigenvalue weighted by Crippen LogP contribution is 2.38. The average molecular weight is 465 g/mol. The number of anilines is 2. The molecule has 0 amide bonds. The predicted octanol–water partition coefficient (Wildman–Crippen LogP) is 4.04. The zero-order valence-corrected chi connectivity index (χ0v) is 18.8. The van der Waals surface area contributed by atoms with E-state index in [-0.39, 0.29) is 23.7 Å². The monoisotopic (exact) mass is 464 g/mol. The van der Waals surface area contributed by atoms with E-state index in [1.807, 2.05) is 6.20 Å². The molecular formula is C25H28N4O5. The van der Waals surface area contributed by atoms with E-state index in [1.165, 1.54) is 12.1 Å². The van der Waals surface area contributed by atoms with Gasteiger partial charge in [-0.3, -0.25) is 0 Å². The summed E-state index contributed by atoms with van der Waals surface area (Å²) >= 11 is 0. The molecule has 0 unspecified atom stereocenters. The Bertz CT molecular complexity index is 1160. The minimum absolute atomic E-state index is 0.0469. The van der Waals surface area contributed by atoms with E-state index < -0.39 is 5.97 Å². The highest BCUT2D eigenvalue weighted by atomic mass is 16.5. The Morgan fingerprint density at radius 1 is 1.00 bits per heavy atom. The molecule has 2 fully saturated rings. The summed E-state index contributed by atoms with van der Waals surface area (Å²) < 4.78 is 11.7. The van der Waals surface area contributed by atoms with Gasteiger partial charge in [-0.1, -0.05) is 0 Å². The Hall–Kier alpha value is -3.30. The van der Waals surface area contributed by atoms with Crippen molar-refractivity contribution in [3.63, 3.8) is 0 Å². The smallest absolute Gasteiger partial charge is 0.335 e. The number of pyridine rings is 1. The summed E-state index contributed by atoms with van der Waals surface area (Å²) in [5.41, 5.74) is 2.73. The van der Waals surface area contributed by atoms with Gasteiger partial charge in [-0.05, 0) is 55.9 Å². The summed E-state index contributed by atoms with van der Waals surface area (Å²) in [6.45, 7) is 1.35. The summed E-state index contributed by atoms with van der Waals surface area (Å²) in [7, 11) is 0. The van der Waals surface area contributed by atoms with Gasteiger partial charge in [0.1, 0.15) is 6.10 Å². The number of aromatic nitrogens is 3. The van der Waals surface area contributed by atoms with Crippen molar-refractivity contribution in [2.24, 2.45) is 0 Å². The van der Waals surface area contributed by atoms with Crippen molar-refractivity contribution in [3.05, 3.63) is 47.8 Å². The number of ether oxygens (including phenoxy) is 2. The average Bonchev–Trinajstić information content (AvgIpc) is 2.86. The maximum Gasteiger partial charge on any atom is 0.335 e. The van der Waals surface area contributed by atoms with Gasteiger partial charge in [-0.2, -0.15) is 0 Å². The second-order valence-electron chi connectivity index (χ2n) is 8.92. The van der Waals surface area contributed by atoms with Crippen LogP contribution in [-0.4, -0.2) is 56.6 Å². The third kappa shape index (κ3) is 4.95. The fourth-order valence-electron chi connectivity index (χ4n) is 4.63. The normalized spacial score (nSPS) is 21.3. The number of benzene rings is 1. The van der Waals surface area contributed by atoms with Gasteiger partial charge in [0.15, 0.2) is 0 Å². The number of nitrogens with one attached hydrogen (secondary N) is 1. The van der Waals surface area contributed by atoms with Crippen LogP contribution in [-0.2, 0) is 4.74 Å². The van der Waals surface area contributed by atoms with Gasteiger partial charge in [-0.15, -0.1) is 0 Å². The Kier molecular flexibility index (Phi) is 6.55. The quantitative estimate of drug-likeness (QED) is 0.495. The van der Waals surface area contributed by atoms with Gasteiger partial charge in [-0.25, -0.2) is 19.7 Å². The molecule has 5 rings (SSSR count). The zero-order chi connectivity index (χ0) is 23.5. The number of aliphatic hydroxyl groups excluding tert-OH is 1. The molecule has 3 heterocycles. The molecule has 2 aromatic heterocycles. The van der Waals surface area contributed by atoms with Crippen molar-refractivity contribution in [2.75, 3.05) is 18.5 Å². The first kappa shape index (κ1) is 22.5. The molecule has 9 nitrogen and oxygen atoms in total. The molecule has 0 atom stereocenters. The molecule has 3 N–H and O–H groups in total. The van der Waals surface area contributed by atoms with Gasteiger partial charge < -0.3 is 25.0 Å². The second kappa shape index (κ2) is 9.90. The van der Waals surface area contributed by atoms with Crippen LogP contribution in [0, 0.1) is 0 Å². The Morgan fingerprint density at radius 3 is 2.44 bits per heavy atom. The number of carboxylic acid groups (broad SMARTS) is 1. The molecule has 1 aromatic carbocycles. The molecule has 3 aromatic rings. The van der Waals surface area contributed by atoms with E-state index in [1.54, 1.807) is 18.3 Å². The van der Waals surface area contributed by atoms with Crippen molar-refractivity contribution >= 4 is 28.5 Å². The number of hydrogen-bond acceptors (Lipinski definition) is 8. The van der Waals surface area contributed by atoms with Crippen LogP contribution in [0.3, 0.4) is 0 Å². The second-order valence-corrected chi connectivity index (χ2v) is 8.92. The maximum absolute atomic E-state index is 11.1. The van der Waals surface area contributed by atoms with E-state index >= 15 is 0 Å². The first-order valence-corrected chi connectivity index (χ1v) is 11.8. The number of aromatic carboxylic acids is 1. The van der Waals surface area contributed by atoms with Crippen LogP contribution in [0.4, 0.5) is 11.6 Å². The lowest BCUT2D eigenvalue weighted by Gasteiger charge is -2.27. The largest absolute Gasteiger partial charge is 0.478 e. The van der Waals surface area contributed by atoms with E-state index in [0.717, 1.165) is 55.0 Å². The van der Waals surface area contributed by atoms with Crippen molar-refractivity contribution in [2.45, 2.75) is 56.7 Å². The molecule has 0 bridgehead atoms. The third-order valence-electron chi connectivity index (χ3n) is 6.58. The van der Waals surface area contributed by atoms with Gasteiger partial charge in [0.2, 0.25) is 11.8 Å². The fraction of sp³-hybridized carbons (Fsp3) is 0.440. The zero-order valence-electron chi connectivity index (χ0n) is 18.8. The molecule has 0 radical (unpaired) electrons. The molecule has 178 valence electrons. The minimum Gasteiger partial charge on any atom is -0.478 e. The van der Waals surface area contributed by atoms with Gasteiger partial charge in [0, 0.05) is 36.5 Å². The molecule has 2 aliphatic rings. The summed E-state index contributed by atoms with van der Waals surface area (Å²) in [6, 6.07) is 6.45. The van der Waals surface area contributed by atoms with Gasteiger partial charge in [0.25, 0.3) is 0 Å². The molecule has 0 spiro atoms. The van der Waals surface area contributed by atoms with Crippen LogP contribution in [0.1, 0.15) is 60.4 Å². The summed E-state index contributed by atoms with van der Waals surface area (Å²) in [5, 5.41) is 23.0. The number of rotatable bonds is 6. The lowest BCUT2D eigenvalue weighted by molar-refractivity contribution is 0.0244. The number of nitrogens with zero attached hydrogens (tertiary/aromatic N) is 3. The first-order chi connectivity index (χ1) is 16.6. The molecule has 34 heavy (non-hydrogen) atoms. The van der Waals surface area contributed by atoms with Crippen LogP contribution < -0.4 is 10.1 Å². The van der Waals surface area contributed by atoms with E-state index in [4.69, 9.17) is 19.6 Å². The fourth-order valence-corrected chi connectivity index (χ4v) is 4.63. The van der Waals surface area contributed by atoms with Crippen molar-refractivity contribution in [1.29, 1.82) is 0 Å². The number of aliphatic hydroxyl groups is 1. The topological polar surface area (TPSA) is 127 Å². The number of carboxylic acids is 1. The van der Waals surface area contributed by atoms with Crippen LogP contribution in [0.5, 0.6) is 5.88 Å². The van der Waals surface area contributed by atoms with E-state index in [2.05, 4.69) is 15.3 Å². The summed E-state index contributed by atoms with van der Waals surface area (Å²) in [6.07, 6.45) is 8.31. The maximum atomic E-state index is 11.1. The standard InChI is InChI=1S/C25H28N4O5/c30-18-7-3-15(4-8-18)20-13-26-23(34-19-9-11-33-12-10-19)21-14-27-25(29-22(20)21)28-17-5-1-16(2-6-17)24(31)32/h1-2,5-6,13-15,18-19,30H,3-4,7-12H2,(H,31,32)(H,27,28,29)/t15-,18-. The van der Waals surface area contributed by atoms with Crippen LogP contribution in [0.25, 0.3) is 10.9 Å². The molecular weight excluding hydrogens is 436 g/mol. The van der Waals surface area contributed by atoms with Crippen molar-refractivity contribution in [1.82, 2.24) is 15.0 Å². The van der Waals surface area contributed by atoms with E-state index in [0.29, 0.717) is 30.7 Å². The first-order valence-electron chi connectivity index (χ1n) is 11.8. The molecule has 1 aliphatic carbocycles. The number of carbonyl (C=O) groups is 1. The summed E-state index contributed by atoms with van der Waals surface area (Å²) in [5.74, 6) is 0.225. The molecule has 9 heteroatoms. The van der Waals surface area contributed by atoms with Crippen molar-refractivity contribution < 1.29 is 24.5 Å². The highest BCUT2D eigenvalue weighted by molar-refractivity contribution is 5.88. The van der Waals surface area contributed by atoms with Gasteiger partial charge >= 0.3 is 5.97 Å². The molecule has 1 aliphatic heterocycles. The SMILES string of the molecule is O=C(O)c1ccc(Nc2ncc3c(OC4CCOCC4)ncc([C@H]4CC[C@H](O)CC4)c3n2)cc1. The number of hydrogen-bond donors (Lipinski definition) is 3. The van der Waals surface area contributed by atoms with Crippen LogP contribution in [0.15, 0.2) is 36.7 Å². The summed E-state index contributed by atoms with van der Waals surface area (Å²) in [4.78, 5) is 25.1. The molecule has 1 saturated carbocycles. The third-order valence-corrected chi connectivity index (χ3v) is 6.58. The van der Waals surface area contributed by atoms with Crippen LogP contribution in [0.2, 0.25) is 0 Å². The number of fused-ring (bicyclic) bond motifs is 1. The predicted molar refractivity (Wildman–Crippen MR) is 126 cm³/mol. The lowest BCUT2D eigenvalue weighted by Crippen LogP contribution is -2.26. The van der Waals surface area contributed by atoms with E-state index in [9.17, 15) is 9.90 Å².